The molecule has 2 rings (SSSR count). The summed E-state index contributed by atoms with van der Waals surface area (Å²) in [5, 5.41) is 7.09. The van der Waals surface area contributed by atoms with Crippen LogP contribution in [-0.4, -0.2) is 22.9 Å². The Balaban J connectivity index is 1.90. The summed E-state index contributed by atoms with van der Waals surface area (Å²) in [7, 11) is 0. The van der Waals surface area contributed by atoms with E-state index in [4.69, 9.17) is 0 Å². The molecular weight excluding hydrogens is 314 g/mol. The van der Waals surface area contributed by atoms with Gasteiger partial charge in [-0.15, -0.1) is 11.3 Å². The van der Waals surface area contributed by atoms with E-state index >= 15 is 0 Å². The van der Waals surface area contributed by atoms with Crippen molar-refractivity contribution < 1.29 is 9.59 Å². The Hall–Kier alpha value is -2.41. The van der Waals surface area contributed by atoms with E-state index in [2.05, 4.69) is 10.6 Å². The molecule has 2 heterocycles. The van der Waals surface area contributed by atoms with Crippen molar-refractivity contribution in [1.82, 2.24) is 9.88 Å². The van der Waals surface area contributed by atoms with Gasteiger partial charge < -0.3 is 15.2 Å². The minimum absolute atomic E-state index is 0.147. The summed E-state index contributed by atoms with van der Waals surface area (Å²) in [6, 6.07) is 6.78. The van der Waals surface area contributed by atoms with E-state index in [0.29, 0.717) is 18.8 Å². The van der Waals surface area contributed by atoms with Crippen LogP contribution in [0.1, 0.15) is 24.6 Å². The summed E-state index contributed by atoms with van der Waals surface area (Å²) in [6.45, 7) is 4.70. The van der Waals surface area contributed by atoms with Crippen molar-refractivity contribution in [3.05, 3.63) is 51.1 Å². The summed E-state index contributed by atoms with van der Waals surface area (Å²) >= 11 is 1.61. The molecule has 0 aliphatic carbocycles. The molecule has 0 aliphatic heterocycles. The van der Waals surface area contributed by atoms with Crippen molar-refractivity contribution >= 4 is 28.8 Å². The maximum absolute atomic E-state index is 11.9. The lowest BCUT2D eigenvalue weighted by atomic mass is 10.1. The van der Waals surface area contributed by atoms with Crippen LogP contribution >= 0.6 is 11.3 Å². The SMILES string of the molecule is CCn1cc(NC(=O)C(=O)NCC(C)c2cccs2)ccc1=O. The Morgan fingerprint density at radius 1 is 1.26 bits per heavy atom. The monoisotopic (exact) mass is 333 g/mol. The summed E-state index contributed by atoms with van der Waals surface area (Å²) in [5.41, 5.74) is 0.262. The first-order chi connectivity index (χ1) is 11.0. The van der Waals surface area contributed by atoms with Gasteiger partial charge >= 0.3 is 11.8 Å². The largest absolute Gasteiger partial charge is 0.347 e. The van der Waals surface area contributed by atoms with Crippen molar-refractivity contribution in [2.24, 2.45) is 0 Å². The van der Waals surface area contributed by atoms with E-state index in [1.807, 2.05) is 31.4 Å². The number of thiophene rings is 1. The van der Waals surface area contributed by atoms with Crippen LogP contribution in [-0.2, 0) is 16.1 Å². The molecule has 1 unspecified atom stereocenters. The lowest BCUT2D eigenvalue weighted by Crippen LogP contribution is -2.37. The highest BCUT2D eigenvalue weighted by Gasteiger charge is 2.15. The second kappa shape index (κ2) is 7.73. The highest BCUT2D eigenvalue weighted by Crippen LogP contribution is 2.19. The number of nitrogens with one attached hydrogen (secondary N) is 2. The molecule has 0 spiro atoms. The normalized spacial score (nSPS) is 11.7. The van der Waals surface area contributed by atoms with E-state index < -0.39 is 11.8 Å². The fraction of sp³-hybridized carbons (Fsp3) is 0.312. The van der Waals surface area contributed by atoms with Crippen LogP contribution in [0.15, 0.2) is 40.6 Å². The number of nitrogens with zero attached hydrogens (tertiary/aromatic N) is 1. The smallest absolute Gasteiger partial charge is 0.313 e. The maximum Gasteiger partial charge on any atom is 0.313 e. The zero-order chi connectivity index (χ0) is 16.8. The number of hydrogen-bond acceptors (Lipinski definition) is 4. The third kappa shape index (κ3) is 4.53. The zero-order valence-corrected chi connectivity index (χ0v) is 13.9. The third-order valence-corrected chi connectivity index (χ3v) is 4.49. The van der Waals surface area contributed by atoms with Gasteiger partial charge in [0.1, 0.15) is 0 Å². The van der Waals surface area contributed by atoms with E-state index in [1.54, 1.807) is 11.3 Å². The summed E-state index contributed by atoms with van der Waals surface area (Å²) in [4.78, 5) is 36.4. The standard InChI is InChI=1S/C16H19N3O3S/c1-3-19-10-12(6-7-14(19)20)18-16(22)15(21)17-9-11(2)13-5-4-8-23-13/h4-8,10-11H,3,9H2,1-2H3,(H,17,21)(H,18,22). The lowest BCUT2D eigenvalue weighted by Gasteiger charge is -2.11. The summed E-state index contributed by atoms with van der Waals surface area (Å²) < 4.78 is 1.45. The molecule has 7 heteroatoms. The first-order valence-corrected chi connectivity index (χ1v) is 8.22. The van der Waals surface area contributed by atoms with Crippen LogP contribution in [0.3, 0.4) is 0 Å². The Morgan fingerprint density at radius 3 is 2.70 bits per heavy atom. The highest BCUT2D eigenvalue weighted by molar-refractivity contribution is 7.10. The van der Waals surface area contributed by atoms with Gasteiger partial charge in [-0.2, -0.15) is 0 Å². The number of aryl methyl sites for hydroxylation is 1. The van der Waals surface area contributed by atoms with Gasteiger partial charge in [0.25, 0.3) is 5.56 Å². The fourth-order valence-corrected chi connectivity index (χ4v) is 2.83. The predicted molar refractivity (Wildman–Crippen MR) is 90.7 cm³/mol. The molecule has 0 aromatic carbocycles. The number of amides is 2. The molecular formula is C16H19N3O3S. The molecule has 2 amide bonds. The van der Waals surface area contributed by atoms with Crippen LogP contribution < -0.4 is 16.2 Å². The van der Waals surface area contributed by atoms with Crippen molar-refractivity contribution in [3.8, 4) is 0 Å². The van der Waals surface area contributed by atoms with Crippen molar-refractivity contribution in [1.29, 1.82) is 0 Å². The van der Waals surface area contributed by atoms with E-state index in [0.717, 1.165) is 4.88 Å². The Morgan fingerprint density at radius 2 is 2.04 bits per heavy atom. The molecule has 1 atom stereocenters. The number of anilines is 1. The van der Waals surface area contributed by atoms with Crippen LogP contribution in [0.5, 0.6) is 0 Å². The first-order valence-electron chi connectivity index (χ1n) is 7.34. The van der Waals surface area contributed by atoms with Crippen molar-refractivity contribution in [2.45, 2.75) is 26.3 Å². The molecule has 122 valence electrons. The molecule has 0 bridgehead atoms. The number of pyridine rings is 1. The van der Waals surface area contributed by atoms with Crippen LogP contribution in [0.4, 0.5) is 5.69 Å². The van der Waals surface area contributed by atoms with E-state index in [9.17, 15) is 14.4 Å². The van der Waals surface area contributed by atoms with Crippen molar-refractivity contribution in [3.63, 3.8) is 0 Å². The maximum atomic E-state index is 11.9. The molecule has 2 aromatic heterocycles. The molecule has 0 aliphatic rings. The highest BCUT2D eigenvalue weighted by atomic mass is 32.1. The number of carbonyl (C=O) groups is 2. The predicted octanol–water partition coefficient (Wildman–Crippen LogP) is 1.79. The first kappa shape index (κ1) is 17.0. The second-order valence-electron chi connectivity index (χ2n) is 5.12. The summed E-state index contributed by atoms with van der Waals surface area (Å²) in [5.74, 6) is -1.29. The van der Waals surface area contributed by atoms with Gasteiger partial charge in [-0.1, -0.05) is 13.0 Å². The second-order valence-corrected chi connectivity index (χ2v) is 6.10. The topological polar surface area (TPSA) is 80.2 Å². The van der Waals surface area contributed by atoms with Crippen LogP contribution in [0.25, 0.3) is 0 Å². The third-order valence-electron chi connectivity index (χ3n) is 3.39. The molecule has 0 saturated carbocycles. The number of carbonyl (C=O) groups excluding carboxylic acids is 2. The van der Waals surface area contributed by atoms with Crippen LogP contribution in [0, 0.1) is 0 Å². The lowest BCUT2D eigenvalue weighted by molar-refractivity contribution is -0.136. The Labute approximate surface area is 138 Å². The van der Waals surface area contributed by atoms with Gasteiger partial charge in [-0.3, -0.25) is 14.4 Å². The molecule has 0 radical (unpaired) electrons. The van der Waals surface area contributed by atoms with Crippen LogP contribution in [0.2, 0.25) is 0 Å². The van der Waals surface area contributed by atoms with Gasteiger partial charge in [-0.05, 0) is 24.4 Å². The molecule has 0 saturated heterocycles. The molecule has 2 N–H and O–H groups in total. The molecule has 6 nitrogen and oxygen atoms in total. The summed E-state index contributed by atoms with van der Waals surface area (Å²) in [6.07, 6.45) is 1.52. The number of aromatic nitrogens is 1. The molecule has 2 aromatic rings. The molecule has 0 fully saturated rings. The Bertz CT molecular complexity index is 737. The van der Waals surface area contributed by atoms with Gasteiger partial charge in [0.05, 0.1) is 5.69 Å². The zero-order valence-electron chi connectivity index (χ0n) is 13.0. The number of hydrogen-bond donors (Lipinski definition) is 2. The van der Waals surface area contributed by atoms with E-state index in [-0.39, 0.29) is 11.5 Å². The average molecular weight is 333 g/mol. The quantitative estimate of drug-likeness (QED) is 0.819. The van der Waals surface area contributed by atoms with Gasteiger partial charge in [-0.25, -0.2) is 0 Å². The van der Waals surface area contributed by atoms with Gasteiger partial charge in [0.15, 0.2) is 0 Å². The average Bonchev–Trinajstić information content (AvgIpc) is 3.08. The molecule has 23 heavy (non-hydrogen) atoms. The van der Waals surface area contributed by atoms with Gasteiger partial charge in [0, 0.05) is 36.1 Å². The number of rotatable bonds is 5. The van der Waals surface area contributed by atoms with Crippen molar-refractivity contribution in [2.75, 3.05) is 11.9 Å². The minimum Gasteiger partial charge on any atom is -0.347 e. The fourth-order valence-electron chi connectivity index (χ4n) is 2.04. The van der Waals surface area contributed by atoms with Gasteiger partial charge in [0.2, 0.25) is 0 Å². The minimum atomic E-state index is -0.746. The Kier molecular flexibility index (Phi) is 5.70. The van der Waals surface area contributed by atoms with E-state index in [1.165, 1.54) is 22.9 Å².